The summed E-state index contributed by atoms with van der Waals surface area (Å²) in [5, 5.41) is 11.8. The Labute approximate surface area is 75.7 Å². The summed E-state index contributed by atoms with van der Waals surface area (Å²) in [5.41, 5.74) is 0. The highest BCUT2D eigenvalue weighted by molar-refractivity contribution is 5.82. The average molecular weight is 184 g/mol. The van der Waals surface area contributed by atoms with Crippen molar-refractivity contribution in [1.29, 1.82) is 0 Å². The number of rotatable bonds is 1. The summed E-state index contributed by atoms with van der Waals surface area (Å²) in [4.78, 5) is 23.8. The lowest BCUT2D eigenvalue weighted by Gasteiger charge is -2.35. The first-order valence-electron chi connectivity index (χ1n) is 4.46. The van der Waals surface area contributed by atoms with E-state index in [2.05, 4.69) is 5.32 Å². The third kappa shape index (κ3) is 1.29. The SMILES string of the molecule is O=C(O)[C@@H]1NCCN2C(=O)CC[C@@H]12. The molecule has 0 radical (unpaired) electrons. The number of aliphatic carboxylic acids is 1. The van der Waals surface area contributed by atoms with Gasteiger partial charge in [0.1, 0.15) is 6.04 Å². The number of carbonyl (C=O) groups excluding carboxylic acids is 1. The van der Waals surface area contributed by atoms with Crippen LogP contribution in [0.2, 0.25) is 0 Å². The van der Waals surface area contributed by atoms with Gasteiger partial charge in [-0.05, 0) is 6.42 Å². The molecule has 13 heavy (non-hydrogen) atoms. The number of carboxylic acid groups (broad SMARTS) is 1. The topological polar surface area (TPSA) is 69.6 Å². The molecule has 0 aliphatic carbocycles. The van der Waals surface area contributed by atoms with Gasteiger partial charge in [0.2, 0.25) is 5.91 Å². The van der Waals surface area contributed by atoms with Crippen molar-refractivity contribution in [2.24, 2.45) is 0 Å². The van der Waals surface area contributed by atoms with Gasteiger partial charge in [-0.1, -0.05) is 0 Å². The highest BCUT2D eigenvalue weighted by atomic mass is 16.4. The smallest absolute Gasteiger partial charge is 0.322 e. The van der Waals surface area contributed by atoms with Crippen LogP contribution in [0.1, 0.15) is 12.8 Å². The highest BCUT2D eigenvalue weighted by Crippen LogP contribution is 2.23. The maximum Gasteiger partial charge on any atom is 0.322 e. The van der Waals surface area contributed by atoms with Gasteiger partial charge in [-0.3, -0.25) is 9.59 Å². The Bertz CT molecular complexity index is 254. The first-order valence-corrected chi connectivity index (χ1v) is 4.46. The lowest BCUT2D eigenvalue weighted by atomic mass is 10.0. The van der Waals surface area contributed by atoms with Crippen molar-refractivity contribution in [3.63, 3.8) is 0 Å². The van der Waals surface area contributed by atoms with Crippen LogP contribution in [0.3, 0.4) is 0 Å². The highest BCUT2D eigenvalue weighted by Gasteiger charge is 2.41. The summed E-state index contributed by atoms with van der Waals surface area (Å²) in [6.45, 7) is 1.23. The van der Waals surface area contributed by atoms with Crippen LogP contribution in [0.4, 0.5) is 0 Å². The largest absolute Gasteiger partial charge is 0.480 e. The standard InChI is InChI=1S/C8H12N2O3/c11-6-2-1-5-7(8(12)13)9-3-4-10(5)6/h5,7,9H,1-4H2,(H,12,13)/t5-,7+/m0/s1. The minimum Gasteiger partial charge on any atom is -0.480 e. The second-order valence-electron chi connectivity index (χ2n) is 3.46. The number of nitrogens with one attached hydrogen (secondary N) is 1. The van der Waals surface area contributed by atoms with Crippen molar-refractivity contribution in [3.8, 4) is 0 Å². The fraction of sp³-hybridized carbons (Fsp3) is 0.750. The third-order valence-electron chi connectivity index (χ3n) is 2.74. The van der Waals surface area contributed by atoms with Crippen LogP contribution in [0.15, 0.2) is 0 Å². The van der Waals surface area contributed by atoms with Crippen LogP contribution in [0.25, 0.3) is 0 Å². The molecule has 0 aromatic carbocycles. The van der Waals surface area contributed by atoms with Crippen LogP contribution >= 0.6 is 0 Å². The predicted octanol–water partition coefficient (Wildman–Crippen LogP) is -0.966. The van der Waals surface area contributed by atoms with Gasteiger partial charge in [-0.2, -0.15) is 0 Å². The van der Waals surface area contributed by atoms with Gasteiger partial charge >= 0.3 is 5.97 Å². The van der Waals surface area contributed by atoms with Crippen molar-refractivity contribution in [3.05, 3.63) is 0 Å². The number of carbonyl (C=O) groups is 2. The Morgan fingerprint density at radius 2 is 2.38 bits per heavy atom. The minimum absolute atomic E-state index is 0.0951. The van der Waals surface area contributed by atoms with Gasteiger partial charge in [0, 0.05) is 19.5 Å². The lowest BCUT2D eigenvalue weighted by Crippen LogP contribution is -2.59. The molecule has 2 fully saturated rings. The molecule has 2 saturated heterocycles. The Morgan fingerprint density at radius 1 is 1.62 bits per heavy atom. The fourth-order valence-corrected chi connectivity index (χ4v) is 2.12. The molecule has 0 aromatic heterocycles. The number of piperazine rings is 1. The van der Waals surface area contributed by atoms with Gasteiger partial charge in [0.25, 0.3) is 0 Å². The van der Waals surface area contributed by atoms with Gasteiger partial charge in [-0.15, -0.1) is 0 Å². The molecule has 72 valence electrons. The molecule has 2 atom stereocenters. The van der Waals surface area contributed by atoms with Gasteiger partial charge < -0.3 is 15.3 Å². The van der Waals surface area contributed by atoms with E-state index in [1.165, 1.54) is 0 Å². The second kappa shape index (κ2) is 2.99. The molecule has 2 rings (SSSR count). The van der Waals surface area contributed by atoms with Crippen LogP contribution in [0, 0.1) is 0 Å². The number of carboxylic acids is 1. The summed E-state index contributed by atoms with van der Waals surface area (Å²) in [6.07, 6.45) is 1.17. The second-order valence-corrected chi connectivity index (χ2v) is 3.46. The average Bonchev–Trinajstić information content (AvgIpc) is 2.48. The number of hydrogen-bond donors (Lipinski definition) is 2. The molecular formula is C8H12N2O3. The number of hydrogen-bond acceptors (Lipinski definition) is 3. The van der Waals surface area contributed by atoms with Crippen molar-refractivity contribution >= 4 is 11.9 Å². The molecule has 0 spiro atoms. The molecule has 2 aliphatic heterocycles. The van der Waals surface area contributed by atoms with Crippen molar-refractivity contribution in [1.82, 2.24) is 10.2 Å². The molecule has 5 heteroatoms. The minimum atomic E-state index is -0.857. The molecule has 5 nitrogen and oxygen atoms in total. The Morgan fingerprint density at radius 3 is 3.08 bits per heavy atom. The quantitative estimate of drug-likeness (QED) is 0.550. The first-order chi connectivity index (χ1) is 6.20. The van der Waals surface area contributed by atoms with Gasteiger partial charge in [0.15, 0.2) is 0 Å². The summed E-state index contributed by atoms with van der Waals surface area (Å²) < 4.78 is 0. The Balaban J connectivity index is 2.16. The molecule has 0 bridgehead atoms. The zero-order valence-corrected chi connectivity index (χ0v) is 7.19. The summed E-state index contributed by atoms with van der Waals surface area (Å²) >= 11 is 0. The van der Waals surface area contributed by atoms with E-state index in [4.69, 9.17) is 5.11 Å². The van der Waals surface area contributed by atoms with Crippen molar-refractivity contribution in [2.75, 3.05) is 13.1 Å². The van der Waals surface area contributed by atoms with Crippen LogP contribution in [0.5, 0.6) is 0 Å². The molecule has 2 heterocycles. The zero-order valence-electron chi connectivity index (χ0n) is 7.19. The zero-order chi connectivity index (χ0) is 9.42. The Hall–Kier alpha value is -1.10. The molecule has 2 N–H and O–H groups in total. The molecule has 0 unspecified atom stereocenters. The maximum absolute atomic E-state index is 11.3. The van der Waals surface area contributed by atoms with Gasteiger partial charge in [0.05, 0.1) is 6.04 Å². The van der Waals surface area contributed by atoms with E-state index in [0.717, 1.165) is 0 Å². The normalized spacial score (nSPS) is 33.2. The summed E-state index contributed by atoms with van der Waals surface area (Å²) in [6, 6.07) is -0.695. The lowest BCUT2D eigenvalue weighted by molar-refractivity contribution is -0.143. The van der Waals surface area contributed by atoms with E-state index in [-0.39, 0.29) is 11.9 Å². The van der Waals surface area contributed by atoms with E-state index >= 15 is 0 Å². The molecule has 0 saturated carbocycles. The number of fused-ring (bicyclic) bond motifs is 1. The number of amides is 1. The summed E-state index contributed by atoms with van der Waals surface area (Å²) in [7, 11) is 0. The van der Waals surface area contributed by atoms with E-state index < -0.39 is 12.0 Å². The predicted molar refractivity (Wildman–Crippen MR) is 44.2 cm³/mol. The van der Waals surface area contributed by atoms with Crippen LogP contribution < -0.4 is 5.32 Å². The van der Waals surface area contributed by atoms with E-state index in [0.29, 0.717) is 25.9 Å². The van der Waals surface area contributed by atoms with E-state index in [1.54, 1.807) is 4.90 Å². The molecule has 2 aliphatic rings. The molecular weight excluding hydrogens is 172 g/mol. The third-order valence-corrected chi connectivity index (χ3v) is 2.74. The summed E-state index contributed by atoms with van der Waals surface area (Å²) in [5.74, 6) is -0.762. The maximum atomic E-state index is 11.3. The van der Waals surface area contributed by atoms with Crippen molar-refractivity contribution in [2.45, 2.75) is 24.9 Å². The van der Waals surface area contributed by atoms with Gasteiger partial charge in [-0.25, -0.2) is 0 Å². The molecule has 1 amide bonds. The number of nitrogens with zero attached hydrogens (tertiary/aromatic N) is 1. The Kier molecular flexibility index (Phi) is 1.95. The van der Waals surface area contributed by atoms with Crippen LogP contribution in [-0.2, 0) is 9.59 Å². The fourth-order valence-electron chi connectivity index (χ4n) is 2.12. The van der Waals surface area contributed by atoms with E-state index in [9.17, 15) is 9.59 Å². The van der Waals surface area contributed by atoms with Crippen LogP contribution in [-0.4, -0.2) is 47.1 Å². The monoisotopic (exact) mass is 184 g/mol. The van der Waals surface area contributed by atoms with Crippen molar-refractivity contribution < 1.29 is 14.7 Å². The molecule has 0 aromatic rings. The first kappa shape index (κ1) is 8.50. The van der Waals surface area contributed by atoms with E-state index in [1.807, 2.05) is 0 Å².